The number of nitrogens with one attached hydrogen (secondary N) is 1. The monoisotopic (exact) mass is 211 g/mol. The Morgan fingerprint density at radius 1 is 1.29 bits per heavy atom. The molecular weight excluding hydrogens is 194 g/mol. The number of methoxy groups -OCH3 is 1. The summed E-state index contributed by atoms with van der Waals surface area (Å²) in [6.07, 6.45) is 0. The van der Waals surface area contributed by atoms with Crippen LogP contribution in [-0.4, -0.2) is 19.4 Å². The molecular formula is C11H17NOS. The standard InChI is InChI=1S/C11H17NOS/c1-8-9(2)11(13-3)5-4-10(8)12-6-7-14/h4-5,12,14H,6-7H2,1-3H3. The van der Waals surface area contributed by atoms with E-state index in [4.69, 9.17) is 4.74 Å². The van der Waals surface area contributed by atoms with Crippen LogP contribution in [0, 0.1) is 13.8 Å². The van der Waals surface area contributed by atoms with E-state index in [0.29, 0.717) is 0 Å². The predicted octanol–water partition coefficient (Wildman–Crippen LogP) is 2.65. The molecule has 0 spiro atoms. The van der Waals surface area contributed by atoms with E-state index in [2.05, 4.69) is 31.8 Å². The van der Waals surface area contributed by atoms with Crippen molar-refractivity contribution < 1.29 is 4.74 Å². The molecule has 0 atom stereocenters. The van der Waals surface area contributed by atoms with Gasteiger partial charge in [-0.2, -0.15) is 12.6 Å². The van der Waals surface area contributed by atoms with Crippen LogP contribution in [0.4, 0.5) is 5.69 Å². The third-order valence-corrected chi connectivity index (χ3v) is 2.61. The van der Waals surface area contributed by atoms with Crippen LogP contribution in [0.3, 0.4) is 0 Å². The molecule has 1 aromatic rings. The fourth-order valence-corrected chi connectivity index (χ4v) is 1.51. The lowest BCUT2D eigenvalue weighted by Gasteiger charge is -2.13. The lowest BCUT2D eigenvalue weighted by molar-refractivity contribution is 0.411. The number of hydrogen-bond donors (Lipinski definition) is 2. The van der Waals surface area contributed by atoms with Gasteiger partial charge in [0.25, 0.3) is 0 Å². The van der Waals surface area contributed by atoms with Crippen LogP contribution in [0.25, 0.3) is 0 Å². The number of anilines is 1. The second-order valence-electron chi connectivity index (χ2n) is 3.22. The molecule has 1 aromatic carbocycles. The van der Waals surface area contributed by atoms with E-state index < -0.39 is 0 Å². The second-order valence-corrected chi connectivity index (χ2v) is 3.66. The van der Waals surface area contributed by atoms with Crippen molar-refractivity contribution in [3.63, 3.8) is 0 Å². The molecule has 0 aliphatic heterocycles. The highest BCUT2D eigenvalue weighted by molar-refractivity contribution is 7.80. The minimum absolute atomic E-state index is 0.838. The molecule has 0 aliphatic rings. The number of benzene rings is 1. The molecule has 0 amide bonds. The smallest absolute Gasteiger partial charge is 0.122 e. The van der Waals surface area contributed by atoms with Crippen molar-refractivity contribution in [1.82, 2.24) is 0 Å². The first-order chi connectivity index (χ1) is 6.70. The average Bonchev–Trinajstić information content (AvgIpc) is 2.20. The molecule has 0 aromatic heterocycles. The lowest BCUT2D eigenvalue weighted by Crippen LogP contribution is -2.05. The van der Waals surface area contributed by atoms with Crippen LogP contribution in [0.5, 0.6) is 5.75 Å². The van der Waals surface area contributed by atoms with E-state index in [9.17, 15) is 0 Å². The van der Waals surface area contributed by atoms with E-state index in [-0.39, 0.29) is 0 Å². The van der Waals surface area contributed by atoms with Gasteiger partial charge >= 0.3 is 0 Å². The summed E-state index contributed by atoms with van der Waals surface area (Å²) in [5.41, 5.74) is 3.60. The van der Waals surface area contributed by atoms with Crippen LogP contribution in [0.2, 0.25) is 0 Å². The highest BCUT2D eigenvalue weighted by Crippen LogP contribution is 2.26. The molecule has 78 valence electrons. The second kappa shape index (κ2) is 5.15. The van der Waals surface area contributed by atoms with E-state index in [0.717, 1.165) is 23.7 Å². The summed E-state index contributed by atoms with van der Waals surface area (Å²) in [5.74, 6) is 1.78. The van der Waals surface area contributed by atoms with Crippen LogP contribution < -0.4 is 10.1 Å². The maximum atomic E-state index is 5.24. The quantitative estimate of drug-likeness (QED) is 0.747. The molecule has 0 bridgehead atoms. The van der Waals surface area contributed by atoms with E-state index in [1.165, 1.54) is 11.1 Å². The zero-order valence-corrected chi connectivity index (χ0v) is 9.82. The number of thiol groups is 1. The summed E-state index contributed by atoms with van der Waals surface area (Å²) < 4.78 is 5.24. The highest BCUT2D eigenvalue weighted by atomic mass is 32.1. The maximum absolute atomic E-state index is 5.24. The molecule has 0 saturated carbocycles. The molecule has 0 saturated heterocycles. The van der Waals surface area contributed by atoms with Gasteiger partial charge in [0.15, 0.2) is 0 Å². The fourth-order valence-electron chi connectivity index (χ4n) is 1.40. The molecule has 0 aliphatic carbocycles. The average molecular weight is 211 g/mol. The zero-order valence-electron chi connectivity index (χ0n) is 8.92. The molecule has 0 unspecified atom stereocenters. The van der Waals surface area contributed by atoms with Gasteiger partial charge in [0, 0.05) is 18.0 Å². The Balaban J connectivity index is 2.92. The Kier molecular flexibility index (Phi) is 4.14. The van der Waals surface area contributed by atoms with Gasteiger partial charge in [0.1, 0.15) is 5.75 Å². The lowest BCUT2D eigenvalue weighted by atomic mass is 10.1. The topological polar surface area (TPSA) is 21.3 Å². The third-order valence-electron chi connectivity index (χ3n) is 2.38. The van der Waals surface area contributed by atoms with E-state index in [1.54, 1.807) is 7.11 Å². The third kappa shape index (κ3) is 2.35. The van der Waals surface area contributed by atoms with Crippen molar-refractivity contribution in [2.24, 2.45) is 0 Å². The van der Waals surface area contributed by atoms with Crippen LogP contribution in [-0.2, 0) is 0 Å². The summed E-state index contributed by atoms with van der Waals surface area (Å²) in [6.45, 7) is 5.05. The molecule has 0 heterocycles. The minimum atomic E-state index is 0.838. The molecule has 2 nitrogen and oxygen atoms in total. The van der Waals surface area contributed by atoms with Gasteiger partial charge in [-0.3, -0.25) is 0 Å². The molecule has 0 fully saturated rings. The summed E-state index contributed by atoms with van der Waals surface area (Å²) >= 11 is 4.16. The van der Waals surface area contributed by atoms with E-state index in [1.807, 2.05) is 12.1 Å². The number of hydrogen-bond acceptors (Lipinski definition) is 3. The van der Waals surface area contributed by atoms with Crippen molar-refractivity contribution in [2.45, 2.75) is 13.8 Å². The first-order valence-electron chi connectivity index (χ1n) is 4.69. The SMILES string of the molecule is COc1ccc(NCCS)c(C)c1C. The van der Waals surface area contributed by atoms with E-state index >= 15 is 0 Å². The van der Waals surface area contributed by atoms with Crippen LogP contribution in [0.15, 0.2) is 12.1 Å². The zero-order chi connectivity index (χ0) is 10.6. The molecule has 1 rings (SSSR count). The van der Waals surface area contributed by atoms with Gasteiger partial charge < -0.3 is 10.1 Å². The van der Waals surface area contributed by atoms with Gasteiger partial charge in [0.05, 0.1) is 7.11 Å². The predicted molar refractivity (Wildman–Crippen MR) is 64.8 cm³/mol. The highest BCUT2D eigenvalue weighted by Gasteiger charge is 2.05. The normalized spacial score (nSPS) is 10.0. The van der Waals surface area contributed by atoms with Gasteiger partial charge in [-0.15, -0.1) is 0 Å². The van der Waals surface area contributed by atoms with Gasteiger partial charge in [-0.1, -0.05) is 0 Å². The van der Waals surface area contributed by atoms with Crippen molar-refractivity contribution in [2.75, 3.05) is 24.7 Å². The number of ether oxygens (including phenoxy) is 1. The number of rotatable bonds is 4. The van der Waals surface area contributed by atoms with Crippen LogP contribution in [0.1, 0.15) is 11.1 Å². The van der Waals surface area contributed by atoms with Crippen molar-refractivity contribution in [3.05, 3.63) is 23.3 Å². The summed E-state index contributed by atoms with van der Waals surface area (Å²) in [5, 5.41) is 3.32. The Hall–Kier alpha value is -0.830. The first-order valence-corrected chi connectivity index (χ1v) is 5.33. The van der Waals surface area contributed by atoms with Gasteiger partial charge in [-0.25, -0.2) is 0 Å². The summed E-state index contributed by atoms with van der Waals surface area (Å²) in [6, 6.07) is 4.04. The largest absolute Gasteiger partial charge is 0.496 e. The summed E-state index contributed by atoms with van der Waals surface area (Å²) in [7, 11) is 1.70. The minimum Gasteiger partial charge on any atom is -0.496 e. The Labute approximate surface area is 91.1 Å². The first kappa shape index (κ1) is 11.2. The maximum Gasteiger partial charge on any atom is 0.122 e. The Morgan fingerprint density at radius 3 is 2.57 bits per heavy atom. The molecule has 14 heavy (non-hydrogen) atoms. The van der Waals surface area contributed by atoms with Crippen molar-refractivity contribution >= 4 is 18.3 Å². The van der Waals surface area contributed by atoms with Crippen LogP contribution >= 0.6 is 12.6 Å². The Bertz CT molecular complexity index is 312. The molecule has 3 heteroatoms. The fraction of sp³-hybridized carbons (Fsp3) is 0.455. The molecule has 0 radical (unpaired) electrons. The molecule has 1 N–H and O–H groups in total. The van der Waals surface area contributed by atoms with Crippen molar-refractivity contribution in [3.8, 4) is 5.75 Å². The van der Waals surface area contributed by atoms with Crippen molar-refractivity contribution in [1.29, 1.82) is 0 Å². The Morgan fingerprint density at radius 2 is 2.00 bits per heavy atom. The van der Waals surface area contributed by atoms with Gasteiger partial charge in [0.2, 0.25) is 0 Å². The summed E-state index contributed by atoms with van der Waals surface area (Å²) in [4.78, 5) is 0. The van der Waals surface area contributed by atoms with Gasteiger partial charge in [-0.05, 0) is 37.1 Å².